The lowest BCUT2D eigenvalue weighted by molar-refractivity contribution is -0.130. The van der Waals surface area contributed by atoms with Gasteiger partial charge in [-0.1, -0.05) is 75.1 Å². The Hall–Kier alpha value is -3.60. The lowest BCUT2D eigenvalue weighted by Gasteiger charge is -2.18. The van der Waals surface area contributed by atoms with Crippen molar-refractivity contribution < 1.29 is 19.4 Å². The number of unbranched alkanes of at least 4 members (excludes halogenated alkanes) is 4. The van der Waals surface area contributed by atoms with E-state index in [0.717, 1.165) is 29.5 Å². The Morgan fingerprint density at radius 1 is 0.853 bits per heavy atom. The van der Waals surface area contributed by atoms with Gasteiger partial charge in [-0.05, 0) is 53.4 Å². The van der Waals surface area contributed by atoms with Crippen molar-refractivity contribution >= 4 is 11.9 Å². The number of carboxylic acid groups (broad SMARTS) is 1. The zero-order valence-electron chi connectivity index (χ0n) is 20.0. The summed E-state index contributed by atoms with van der Waals surface area (Å²) >= 11 is 0. The molecule has 0 aliphatic heterocycles. The average Bonchev–Trinajstić information content (AvgIpc) is 2.84. The van der Waals surface area contributed by atoms with E-state index in [9.17, 15) is 14.7 Å². The molecule has 3 aromatic rings. The zero-order chi connectivity index (χ0) is 24.3. The minimum atomic E-state index is -1.02. The van der Waals surface area contributed by atoms with Gasteiger partial charge in [0, 0.05) is 20.0 Å². The van der Waals surface area contributed by atoms with E-state index in [1.807, 2.05) is 49.5 Å². The standard InChI is InChI=1S/C29H33NO4/c1-3-4-5-6-7-15-28(31)30(2)21-22-11-10-12-24(20-22)23-16-18-25(19-17-23)34-27-14-9-8-13-26(27)29(32)33/h8-14,16-20H,3-7,15,21H2,1-2H3,(H,32,33). The van der Waals surface area contributed by atoms with Crippen LogP contribution < -0.4 is 4.74 Å². The summed E-state index contributed by atoms with van der Waals surface area (Å²) in [6, 6.07) is 22.3. The Morgan fingerprint density at radius 2 is 1.59 bits per heavy atom. The van der Waals surface area contributed by atoms with Gasteiger partial charge < -0.3 is 14.7 Å². The first-order valence-electron chi connectivity index (χ1n) is 11.9. The molecule has 0 bridgehead atoms. The number of nitrogens with zero attached hydrogens (tertiary/aromatic N) is 1. The number of benzene rings is 3. The summed E-state index contributed by atoms with van der Waals surface area (Å²) < 4.78 is 5.79. The predicted octanol–water partition coefficient (Wildman–Crippen LogP) is 7.16. The topological polar surface area (TPSA) is 66.8 Å². The van der Waals surface area contributed by atoms with Gasteiger partial charge in [0.15, 0.2) is 0 Å². The number of rotatable bonds is 12. The van der Waals surface area contributed by atoms with Crippen molar-refractivity contribution in [3.63, 3.8) is 0 Å². The second-order valence-corrected chi connectivity index (χ2v) is 8.54. The summed E-state index contributed by atoms with van der Waals surface area (Å²) in [5.74, 6) is 0.0368. The first kappa shape index (κ1) is 25.0. The van der Waals surface area contributed by atoms with Crippen LogP contribution >= 0.6 is 0 Å². The quantitative estimate of drug-likeness (QED) is 0.292. The number of ether oxygens (including phenoxy) is 1. The summed E-state index contributed by atoms with van der Waals surface area (Å²) in [5.41, 5.74) is 3.27. The van der Waals surface area contributed by atoms with Crippen LogP contribution in [0, 0.1) is 0 Å². The number of carboxylic acids is 1. The van der Waals surface area contributed by atoms with Gasteiger partial charge in [-0.15, -0.1) is 0 Å². The van der Waals surface area contributed by atoms with E-state index in [4.69, 9.17) is 4.74 Å². The van der Waals surface area contributed by atoms with Crippen molar-refractivity contribution in [1.29, 1.82) is 0 Å². The third-order valence-corrected chi connectivity index (χ3v) is 5.80. The Kier molecular flexibility index (Phi) is 9.27. The zero-order valence-corrected chi connectivity index (χ0v) is 20.0. The van der Waals surface area contributed by atoms with E-state index in [2.05, 4.69) is 13.0 Å². The summed E-state index contributed by atoms with van der Waals surface area (Å²) in [7, 11) is 1.86. The lowest BCUT2D eigenvalue weighted by Crippen LogP contribution is -2.25. The van der Waals surface area contributed by atoms with Crippen molar-refractivity contribution in [3.05, 3.63) is 83.9 Å². The van der Waals surface area contributed by atoms with Crippen molar-refractivity contribution in [2.75, 3.05) is 7.05 Å². The second-order valence-electron chi connectivity index (χ2n) is 8.54. The van der Waals surface area contributed by atoms with Crippen LogP contribution in [-0.2, 0) is 11.3 Å². The Bertz CT molecular complexity index is 1090. The molecule has 0 aromatic heterocycles. The highest BCUT2D eigenvalue weighted by Gasteiger charge is 2.12. The van der Waals surface area contributed by atoms with Crippen LogP contribution in [0.25, 0.3) is 11.1 Å². The van der Waals surface area contributed by atoms with Crippen molar-refractivity contribution in [2.45, 2.75) is 52.0 Å². The molecule has 0 saturated heterocycles. The van der Waals surface area contributed by atoms with Gasteiger partial charge in [-0.25, -0.2) is 4.79 Å². The van der Waals surface area contributed by atoms with Gasteiger partial charge in [0.25, 0.3) is 0 Å². The number of hydrogen-bond donors (Lipinski definition) is 1. The van der Waals surface area contributed by atoms with Crippen LogP contribution in [0.2, 0.25) is 0 Å². The SMILES string of the molecule is CCCCCCCC(=O)N(C)Cc1cccc(-c2ccc(Oc3ccccc3C(=O)O)cc2)c1. The van der Waals surface area contributed by atoms with E-state index >= 15 is 0 Å². The average molecular weight is 460 g/mol. The van der Waals surface area contributed by atoms with Crippen LogP contribution in [-0.4, -0.2) is 28.9 Å². The molecule has 1 N–H and O–H groups in total. The summed E-state index contributed by atoms with van der Waals surface area (Å²) in [4.78, 5) is 25.7. The van der Waals surface area contributed by atoms with E-state index in [0.29, 0.717) is 24.5 Å². The molecule has 5 nitrogen and oxygen atoms in total. The highest BCUT2D eigenvalue weighted by atomic mass is 16.5. The Balaban J connectivity index is 1.61. The third kappa shape index (κ3) is 7.20. The number of amides is 1. The molecule has 178 valence electrons. The van der Waals surface area contributed by atoms with Crippen molar-refractivity contribution in [2.24, 2.45) is 0 Å². The van der Waals surface area contributed by atoms with Crippen LogP contribution in [0.5, 0.6) is 11.5 Å². The van der Waals surface area contributed by atoms with Crippen LogP contribution in [0.3, 0.4) is 0 Å². The highest BCUT2D eigenvalue weighted by Crippen LogP contribution is 2.28. The van der Waals surface area contributed by atoms with Crippen LogP contribution in [0.15, 0.2) is 72.8 Å². The molecule has 0 unspecified atom stereocenters. The molecule has 0 saturated carbocycles. The summed E-state index contributed by atoms with van der Waals surface area (Å²) in [6.45, 7) is 2.77. The predicted molar refractivity (Wildman–Crippen MR) is 135 cm³/mol. The van der Waals surface area contributed by atoms with Gasteiger partial charge >= 0.3 is 5.97 Å². The van der Waals surface area contributed by atoms with Gasteiger partial charge in [0.2, 0.25) is 5.91 Å². The van der Waals surface area contributed by atoms with Crippen molar-refractivity contribution in [1.82, 2.24) is 4.90 Å². The van der Waals surface area contributed by atoms with E-state index in [1.54, 1.807) is 23.1 Å². The number of para-hydroxylation sites is 1. The highest BCUT2D eigenvalue weighted by molar-refractivity contribution is 5.90. The van der Waals surface area contributed by atoms with Gasteiger partial charge in [0.1, 0.15) is 17.1 Å². The molecule has 1 amide bonds. The number of hydrogen-bond acceptors (Lipinski definition) is 3. The molecule has 0 fully saturated rings. The van der Waals surface area contributed by atoms with Crippen LogP contribution in [0.4, 0.5) is 0 Å². The van der Waals surface area contributed by atoms with Crippen molar-refractivity contribution in [3.8, 4) is 22.6 Å². The molecule has 3 aromatic carbocycles. The molecule has 0 aliphatic carbocycles. The molecular formula is C29H33NO4. The molecule has 0 aliphatic rings. The van der Waals surface area contributed by atoms with E-state index < -0.39 is 5.97 Å². The Labute approximate surface area is 202 Å². The minimum absolute atomic E-state index is 0.124. The monoisotopic (exact) mass is 459 g/mol. The maximum atomic E-state index is 12.5. The normalized spacial score (nSPS) is 10.6. The fourth-order valence-electron chi connectivity index (χ4n) is 3.86. The van der Waals surface area contributed by atoms with Crippen LogP contribution in [0.1, 0.15) is 61.4 Å². The largest absolute Gasteiger partial charge is 0.478 e. The number of carbonyl (C=O) groups excluding carboxylic acids is 1. The molecular weight excluding hydrogens is 426 g/mol. The Morgan fingerprint density at radius 3 is 2.32 bits per heavy atom. The van der Waals surface area contributed by atoms with E-state index in [-0.39, 0.29) is 11.5 Å². The maximum absolute atomic E-state index is 12.5. The summed E-state index contributed by atoms with van der Waals surface area (Å²) in [5, 5.41) is 9.33. The fourth-order valence-corrected chi connectivity index (χ4v) is 3.86. The first-order chi connectivity index (χ1) is 16.5. The minimum Gasteiger partial charge on any atom is -0.478 e. The molecule has 5 heteroatoms. The smallest absolute Gasteiger partial charge is 0.339 e. The maximum Gasteiger partial charge on any atom is 0.339 e. The number of aromatic carboxylic acids is 1. The lowest BCUT2D eigenvalue weighted by atomic mass is 10.0. The molecule has 0 spiro atoms. The molecule has 0 heterocycles. The third-order valence-electron chi connectivity index (χ3n) is 5.80. The molecule has 34 heavy (non-hydrogen) atoms. The molecule has 0 atom stereocenters. The van der Waals surface area contributed by atoms with E-state index in [1.165, 1.54) is 25.3 Å². The molecule has 3 rings (SSSR count). The second kappa shape index (κ2) is 12.6. The summed E-state index contributed by atoms with van der Waals surface area (Å²) in [6.07, 6.45) is 6.31. The molecule has 0 radical (unpaired) electrons. The van der Waals surface area contributed by atoms with Gasteiger partial charge in [0.05, 0.1) is 0 Å². The fraction of sp³-hybridized carbons (Fsp3) is 0.310. The van der Waals surface area contributed by atoms with Gasteiger partial charge in [-0.3, -0.25) is 4.79 Å². The first-order valence-corrected chi connectivity index (χ1v) is 11.9. The van der Waals surface area contributed by atoms with Gasteiger partial charge in [-0.2, -0.15) is 0 Å². The number of carbonyl (C=O) groups is 2.